The van der Waals surface area contributed by atoms with Gasteiger partial charge < -0.3 is 14.8 Å². The Labute approximate surface area is 148 Å². The van der Waals surface area contributed by atoms with Crippen molar-refractivity contribution in [2.75, 3.05) is 18.5 Å². The first-order valence-corrected chi connectivity index (χ1v) is 8.00. The molecule has 4 rings (SSSR count). The average molecular weight is 350 g/mol. The molecule has 7 heteroatoms. The Balaban J connectivity index is 1.69. The van der Waals surface area contributed by atoms with Gasteiger partial charge in [-0.3, -0.25) is 14.9 Å². The van der Waals surface area contributed by atoms with Crippen molar-refractivity contribution in [1.29, 1.82) is 0 Å². The molecular formula is C19H14N2O5. The predicted octanol–water partition coefficient (Wildman–Crippen LogP) is 3.77. The Bertz CT molecular complexity index is 1030. The first kappa shape index (κ1) is 15.9. The van der Waals surface area contributed by atoms with E-state index < -0.39 is 10.8 Å². The first-order chi connectivity index (χ1) is 12.6. The zero-order valence-corrected chi connectivity index (χ0v) is 13.6. The van der Waals surface area contributed by atoms with Gasteiger partial charge in [0.15, 0.2) is 11.5 Å². The maximum absolute atomic E-state index is 12.6. The van der Waals surface area contributed by atoms with Gasteiger partial charge in [-0.1, -0.05) is 30.3 Å². The summed E-state index contributed by atoms with van der Waals surface area (Å²) >= 11 is 0. The van der Waals surface area contributed by atoms with Crippen molar-refractivity contribution >= 4 is 28.1 Å². The minimum Gasteiger partial charge on any atom is -0.486 e. The van der Waals surface area contributed by atoms with Crippen molar-refractivity contribution in [1.82, 2.24) is 0 Å². The van der Waals surface area contributed by atoms with Gasteiger partial charge in [0, 0.05) is 11.8 Å². The number of nitrogens with one attached hydrogen (secondary N) is 1. The van der Waals surface area contributed by atoms with Gasteiger partial charge in [-0.25, -0.2) is 0 Å². The number of nitro groups is 1. The zero-order chi connectivity index (χ0) is 18.1. The Morgan fingerprint density at radius 3 is 2.38 bits per heavy atom. The quantitative estimate of drug-likeness (QED) is 0.573. The van der Waals surface area contributed by atoms with E-state index in [-0.39, 0.29) is 17.0 Å². The van der Waals surface area contributed by atoms with Crippen LogP contribution in [0.2, 0.25) is 0 Å². The fraction of sp³-hybridized carbons (Fsp3) is 0.105. The number of hydrogen-bond acceptors (Lipinski definition) is 5. The lowest BCUT2D eigenvalue weighted by Crippen LogP contribution is -2.18. The minimum atomic E-state index is -0.604. The summed E-state index contributed by atoms with van der Waals surface area (Å²) in [5.41, 5.74) is 0.151. The van der Waals surface area contributed by atoms with E-state index in [9.17, 15) is 14.9 Å². The fourth-order valence-electron chi connectivity index (χ4n) is 2.88. The topological polar surface area (TPSA) is 90.7 Å². The van der Waals surface area contributed by atoms with E-state index in [4.69, 9.17) is 9.47 Å². The van der Waals surface area contributed by atoms with Crippen LogP contribution >= 0.6 is 0 Å². The molecule has 7 nitrogen and oxygen atoms in total. The second-order valence-electron chi connectivity index (χ2n) is 5.79. The van der Waals surface area contributed by atoms with Crippen LogP contribution in [0.5, 0.6) is 11.5 Å². The molecule has 26 heavy (non-hydrogen) atoms. The Morgan fingerprint density at radius 2 is 1.65 bits per heavy atom. The molecule has 130 valence electrons. The maximum Gasteiger partial charge on any atom is 0.286 e. The number of fused-ring (bicyclic) bond motifs is 2. The van der Waals surface area contributed by atoms with E-state index >= 15 is 0 Å². The number of hydrogen-bond donors (Lipinski definition) is 1. The largest absolute Gasteiger partial charge is 0.486 e. The molecule has 1 aliphatic rings. The zero-order valence-electron chi connectivity index (χ0n) is 13.6. The molecular weight excluding hydrogens is 336 g/mol. The van der Waals surface area contributed by atoms with E-state index in [1.807, 2.05) is 36.4 Å². The van der Waals surface area contributed by atoms with E-state index in [1.165, 1.54) is 12.1 Å². The molecule has 0 aliphatic carbocycles. The monoisotopic (exact) mass is 350 g/mol. The third kappa shape index (κ3) is 2.90. The number of carbonyl (C=O) groups excluding carboxylic acids is 1. The highest BCUT2D eigenvalue weighted by Gasteiger charge is 2.26. The fourth-order valence-corrected chi connectivity index (χ4v) is 2.88. The van der Waals surface area contributed by atoms with Crippen molar-refractivity contribution in [3.05, 3.63) is 70.3 Å². The smallest absolute Gasteiger partial charge is 0.286 e. The van der Waals surface area contributed by atoms with Gasteiger partial charge >= 0.3 is 0 Å². The number of anilines is 1. The second-order valence-corrected chi connectivity index (χ2v) is 5.79. The van der Waals surface area contributed by atoms with E-state index in [0.717, 1.165) is 10.8 Å². The lowest BCUT2D eigenvalue weighted by atomic mass is 10.1. The molecule has 0 atom stereocenters. The average Bonchev–Trinajstić information content (AvgIpc) is 2.66. The number of amides is 1. The number of nitrogens with zero attached hydrogens (tertiary/aromatic N) is 1. The standard InChI is InChI=1S/C19H14N2O5/c22-19(20-14-6-5-12-3-1-2-4-13(12)9-14)15-10-17-18(26-8-7-25-17)11-16(15)21(23)24/h1-6,9-11H,7-8H2,(H,20,22). The molecule has 1 amide bonds. The van der Waals surface area contributed by atoms with Crippen molar-refractivity contribution in [2.24, 2.45) is 0 Å². The number of ether oxygens (including phenoxy) is 2. The summed E-state index contributed by atoms with van der Waals surface area (Å²) in [4.78, 5) is 23.4. The lowest BCUT2D eigenvalue weighted by Gasteiger charge is -2.18. The van der Waals surface area contributed by atoms with Crippen molar-refractivity contribution in [3.63, 3.8) is 0 Å². The van der Waals surface area contributed by atoms with Gasteiger partial charge in [0.1, 0.15) is 18.8 Å². The highest BCUT2D eigenvalue weighted by atomic mass is 16.6. The lowest BCUT2D eigenvalue weighted by molar-refractivity contribution is -0.385. The number of rotatable bonds is 3. The summed E-state index contributed by atoms with van der Waals surface area (Å²) in [6, 6.07) is 15.7. The van der Waals surface area contributed by atoms with Crippen LogP contribution < -0.4 is 14.8 Å². The van der Waals surface area contributed by atoms with Crippen molar-refractivity contribution < 1.29 is 19.2 Å². The van der Waals surface area contributed by atoms with Crippen LogP contribution in [0, 0.1) is 10.1 Å². The van der Waals surface area contributed by atoms with E-state index in [2.05, 4.69) is 5.32 Å². The van der Waals surface area contributed by atoms with E-state index in [0.29, 0.717) is 24.7 Å². The third-order valence-electron chi connectivity index (χ3n) is 4.11. The first-order valence-electron chi connectivity index (χ1n) is 8.00. The van der Waals surface area contributed by atoms with Crippen LogP contribution in [-0.4, -0.2) is 24.0 Å². The summed E-state index contributed by atoms with van der Waals surface area (Å²) in [6.45, 7) is 0.642. The van der Waals surface area contributed by atoms with Gasteiger partial charge in [-0.2, -0.15) is 0 Å². The second kappa shape index (κ2) is 6.36. The molecule has 0 spiro atoms. The summed E-state index contributed by atoms with van der Waals surface area (Å²) in [5, 5.41) is 16.1. The number of nitro benzene ring substituents is 1. The molecule has 0 bridgehead atoms. The summed E-state index contributed by atoms with van der Waals surface area (Å²) < 4.78 is 10.8. The van der Waals surface area contributed by atoms with Crippen LogP contribution in [0.1, 0.15) is 10.4 Å². The molecule has 0 radical (unpaired) electrons. The third-order valence-corrected chi connectivity index (χ3v) is 4.11. The van der Waals surface area contributed by atoms with Crippen molar-refractivity contribution in [2.45, 2.75) is 0 Å². The molecule has 1 heterocycles. The normalized spacial score (nSPS) is 12.6. The summed E-state index contributed by atoms with van der Waals surface area (Å²) in [7, 11) is 0. The summed E-state index contributed by atoms with van der Waals surface area (Å²) in [5.74, 6) is 0.0136. The number of carbonyl (C=O) groups is 1. The molecule has 0 aromatic heterocycles. The van der Waals surface area contributed by atoms with Crippen LogP contribution in [0.25, 0.3) is 10.8 Å². The molecule has 0 saturated carbocycles. The SMILES string of the molecule is O=C(Nc1ccc2ccccc2c1)c1cc2c(cc1[N+](=O)[O-])OCCO2. The minimum absolute atomic E-state index is 0.0765. The maximum atomic E-state index is 12.6. The highest BCUT2D eigenvalue weighted by molar-refractivity contribution is 6.08. The predicted molar refractivity (Wildman–Crippen MR) is 96.0 cm³/mol. The van der Waals surface area contributed by atoms with Gasteiger partial charge in [-0.15, -0.1) is 0 Å². The van der Waals surface area contributed by atoms with Crippen molar-refractivity contribution in [3.8, 4) is 11.5 Å². The Hall–Kier alpha value is -3.61. The highest BCUT2D eigenvalue weighted by Crippen LogP contribution is 2.37. The molecule has 0 fully saturated rings. The van der Waals surface area contributed by atoms with Gasteiger partial charge in [0.05, 0.1) is 11.0 Å². The number of benzene rings is 3. The van der Waals surface area contributed by atoms with Crippen LogP contribution in [0.4, 0.5) is 11.4 Å². The van der Waals surface area contributed by atoms with Gasteiger partial charge in [0.2, 0.25) is 0 Å². The van der Waals surface area contributed by atoms with Crippen LogP contribution in [0.15, 0.2) is 54.6 Å². The molecule has 0 unspecified atom stereocenters. The molecule has 3 aromatic rings. The molecule has 0 saturated heterocycles. The van der Waals surface area contributed by atoms with Gasteiger partial charge in [0.25, 0.3) is 11.6 Å². The van der Waals surface area contributed by atoms with Crippen LogP contribution in [-0.2, 0) is 0 Å². The Kier molecular flexibility index (Phi) is 3.89. The summed E-state index contributed by atoms with van der Waals surface area (Å²) in [6.07, 6.45) is 0. The van der Waals surface area contributed by atoms with Crippen LogP contribution in [0.3, 0.4) is 0 Å². The van der Waals surface area contributed by atoms with E-state index in [1.54, 1.807) is 6.07 Å². The molecule has 3 aromatic carbocycles. The molecule has 1 N–H and O–H groups in total. The van der Waals surface area contributed by atoms with Gasteiger partial charge in [-0.05, 0) is 22.9 Å². The Morgan fingerprint density at radius 1 is 0.962 bits per heavy atom. The molecule has 1 aliphatic heterocycles.